The van der Waals surface area contributed by atoms with Crippen LogP contribution in [0.25, 0.3) is 0 Å². The van der Waals surface area contributed by atoms with Crippen molar-refractivity contribution in [1.82, 2.24) is 58.1 Å². The summed E-state index contributed by atoms with van der Waals surface area (Å²) in [6.07, 6.45) is 13.9. The molecule has 31 nitrogen and oxygen atoms in total. The number of imidazole rings is 1. The lowest BCUT2D eigenvalue weighted by Gasteiger charge is -2.20. The molecule has 1 aromatic carbocycles. The third-order valence-corrected chi connectivity index (χ3v) is 15.5. The maximum absolute atomic E-state index is 13.4. The molecule has 1 fully saturated rings. The van der Waals surface area contributed by atoms with E-state index >= 15 is 0 Å². The van der Waals surface area contributed by atoms with Crippen molar-refractivity contribution in [2.45, 2.75) is 51.0 Å². The van der Waals surface area contributed by atoms with Crippen molar-refractivity contribution in [3.05, 3.63) is 120 Å². The summed E-state index contributed by atoms with van der Waals surface area (Å²) in [7, 11) is 15.2. The summed E-state index contributed by atoms with van der Waals surface area (Å²) in [5.41, 5.74) is 3.92. The number of rotatable bonds is 28. The van der Waals surface area contributed by atoms with E-state index in [1.165, 1.54) is 57.5 Å². The summed E-state index contributed by atoms with van der Waals surface area (Å²) < 4.78 is 20.6. The highest BCUT2D eigenvalue weighted by Gasteiger charge is 2.33. The first kappa shape index (κ1) is 67.2. The maximum Gasteiger partial charge on any atom is 0.287 e. The van der Waals surface area contributed by atoms with Crippen LogP contribution < -0.4 is 57.3 Å². The van der Waals surface area contributed by atoms with Crippen LogP contribution in [0.1, 0.15) is 118 Å². The number of nitrogens with one attached hydrogen (secondary N) is 9. The number of carbonyl (C=O) groups is 10. The highest BCUT2D eigenvalue weighted by atomic mass is 16.5. The summed E-state index contributed by atoms with van der Waals surface area (Å²) >= 11 is 0. The Hall–Kier alpha value is -11.2. The minimum absolute atomic E-state index is 0.0359. The van der Waals surface area contributed by atoms with E-state index in [4.69, 9.17) is 9.47 Å². The van der Waals surface area contributed by atoms with Gasteiger partial charge in [-0.15, -0.1) is 0 Å². The van der Waals surface area contributed by atoms with Gasteiger partial charge in [-0.05, 0) is 82.7 Å². The van der Waals surface area contributed by atoms with Gasteiger partial charge >= 0.3 is 0 Å². The molecule has 496 valence electrons. The first-order chi connectivity index (χ1) is 44.9. The molecule has 6 aromatic heterocycles. The van der Waals surface area contributed by atoms with Gasteiger partial charge < -0.3 is 94.5 Å². The molecule has 94 heavy (non-hydrogen) atoms. The van der Waals surface area contributed by atoms with Crippen molar-refractivity contribution in [2.75, 3.05) is 92.4 Å². The third-order valence-electron chi connectivity index (χ3n) is 15.5. The molecule has 9 N–H and O–H groups in total. The van der Waals surface area contributed by atoms with Crippen molar-refractivity contribution >= 4 is 105 Å². The maximum atomic E-state index is 13.4. The van der Waals surface area contributed by atoms with Crippen LogP contribution in [0.5, 0.6) is 11.5 Å². The number of carbonyl (C=O) groups excluding carboxylic acids is 10. The van der Waals surface area contributed by atoms with Crippen LogP contribution in [0.3, 0.4) is 0 Å². The number of nitrogens with zero attached hydrogens (tertiary/aromatic N) is 10. The van der Waals surface area contributed by atoms with Gasteiger partial charge in [-0.25, -0.2) is 4.98 Å². The van der Waals surface area contributed by atoms with E-state index < -0.39 is 41.4 Å². The fourth-order valence-corrected chi connectivity index (χ4v) is 10.7. The van der Waals surface area contributed by atoms with Crippen molar-refractivity contribution in [1.29, 1.82) is 0 Å². The smallest absolute Gasteiger partial charge is 0.287 e. The van der Waals surface area contributed by atoms with Crippen molar-refractivity contribution in [2.24, 2.45) is 47.3 Å². The van der Waals surface area contributed by atoms with Gasteiger partial charge in [0.1, 0.15) is 28.5 Å². The number of amides is 10. The van der Waals surface area contributed by atoms with Crippen LogP contribution in [0, 0.1) is 0 Å². The SMILES string of the molecule is COc1cc2c(cc1OCCCC(=O)Nc1cc(C(=O)Nc3cc(C(=O)NCCC(=O)Nc4cc(C(=O)Nc5cn(C)c(C(=O)NCCC(=O)Nc6cc(C(=O)Nc7cc(C(=O)NCCCN(C)C)n(C)c7)n(C)c6)n5)n(C)c4)n(C)c3)n(C)c1)N=C[C@@H]1CCCN1C2=O. The Morgan fingerprint density at radius 2 is 0.979 bits per heavy atom. The standard InChI is InChI=1S/C63H77N19O12/c1-75(2)20-12-17-64-57(86)45-26-40(34-76(45)3)71-60(89)48-24-38(32-79(48)6)69-55(85)16-19-66-62(91)56-73-52(36-81(56)8)74-61(90)49-25-39(33-80(49)7)70-54(84)15-18-65-58(87)46-27-41(35-77(46)4)72-59(88)47-23-37(31-78(47)5)68-53(83)14-11-22-94-51-29-44-43(28-50(51)93-9)63(92)82-21-10-13-42(82)30-67-44/h23-36,42H,10-22H2,1-9H3,(H,64,86)(H,65,87)(H,66,91)(H,68,83)(H,69,85)(H,70,84)(H,71,89)(H,72,88)(H,74,90)/t42-/m0/s1. The summed E-state index contributed by atoms with van der Waals surface area (Å²) in [5, 5.41) is 24.7. The second-order valence-electron chi connectivity index (χ2n) is 23.1. The van der Waals surface area contributed by atoms with Crippen LogP contribution in [-0.4, -0.2) is 174 Å². The lowest BCUT2D eigenvalue weighted by atomic mass is 10.1. The van der Waals surface area contributed by atoms with Gasteiger partial charge in [0, 0.05) is 137 Å². The average Bonchev–Trinajstić information content (AvgIpc) is 1.56. The number of methoxy groups -OCH3 is 1. The number of benzene rings is 1. The molecule has 0 spiro atoms. The number of aliphatic imine (C=N–C) groups is 1. The Bertz CT molecular complexity index is 4100. The van der Waals surface area contributed by atoms with Crippen LogP contribution in [-0.2, 0) is 56.7 Å². The number of hydrogen-bond donors (Lipinski definition) is 9. The molecular formula is C63H77N19O12. The molecule has 0 saturated carbocycles. The largest absolute Gasteiger partial charge is 0.493 e. The van der Waals surface area contributed by atoms with E-state index in [9.17, 15) is 47.9 Å². The van der Waals surface area contributed by atoms with Crippen molar-refractivity contribution in [3.8, 4) is 11.5 Å². The van der Waals surface area contributed by atoms with Gasteiger partial charge in [0.2, 0.25) is 23.5 Å². The molecule has 31 heteroatoms. The van der Waals surface area contributed by atoms with Crippen molar-refractivity contribution < 1.29 is 57.4 Å². The Morgan fingerprint density at radius 1 is 0.521 bits per heavy atom. The number of aryl methyl sites for hydroxylation is 6. The van der Waals surface area contributed by atoms with Gasteiger partial charge in [-0.3, -0.25) is 52.9 Å². The molecule has 2 aliphatic heterocycles. The van der Waals surface area contributed by atoms with E-state index in [-0.39, 0.29) is 97.1 Å². The predicted molar refractivity (Wildman–Crippen MR) is 349 cm³/mol. The fourth-order valence-electron chi connectivity index (χ4n) is 10.7. The van der Waals surface area contributed by atoms with E-state index in [1.807, 2.05) is 23.9 Å². The molecule has 0 unspecified atom stereocenters. The molecule has 0 bridgehead atoms. The normalized spacial score (nSPS) is 13.1. The van der Waals surface area contributed by atoms with Crippen molar-refractivity contribution in [3.63, 3.8) is 0 Å². The Balaban J connectivity index is 0.662. The highest BCUT2D eigenvalue weighted by molar-refractivity contribution is 6.08. The molecule has 0 aliphatic carbocycles. The van der Waals surface area contributed by atoms with E-state index in [0.29, 0.717) is 76.4 Å². The van der Waals surface area contributed by atoms with Crippen LogP contribution in [0.4, 0.5) is 39.9 Å². The first-order valence-electron chi connectivity index (χ1n) is 30.3. The Labute approximate surface area is 540 Å². The van der Waals surface area contributed by atoms with Crippen LogP contribution in [0.2, 0.25) is 0 Å². The van der Waals surface area contributed by atoms with Gasteiger partial charge in [-0.2, -0.15) is 0 Å². The van der Waals surface area contributed by atoms with E-state index in [1.54, 1.807) is 105 Å². The second kappa shape index (κ2) is 29.8. The summed E-state index contributed by atoms with van der Waals surface area (Å²) in [4.78, 5) is 144. The van der Waals surface area contributed by atoms with E-state index in [0.717, 1.165) is 25.8 Å². The quantitative estimate of drug-likeness (QED) is 0.0311. The van der Waals surface area contributed by atoms with Gasteiger partial charge in [-0.1, -0.05) is 0 Å². The zero-order valence-electron chi connectivity index (χ0n) is 53.7. The minimum atomic E-state index is -0.615. The van der Waals surface area contributed by atoms with Gasteiger partial charge in [0.25, 0.3) is 41.4 Å². The minimum Gasteiger partial charge on any atom is -0.493 e. The van der Waals surface area contributed by atoms with Gasteiger partial charge in [0.15, 0.2) is 17.3 Å². The topological polar surface area (TPSA) is 359 Å². The highest BCUT2D eigenvalue weighted by Crippen LogP contribution is 2.38. The molecule has 7 aromatic rings. The first-order valence-corrected chi connectivity index (χ1v) is 30.3. The van der Waals surface area contributed by atoms with Crippen LogP contribution in [0.15, 0.2) is 84.6 Å². The molecule has 9 rings (SSSR count). The molecule has 10 amide bonds. The number of aromatic nitrogens is 7. The Kier molecular flexibility index (Phi) is 21.3. The number of anilines is 6. The number of ether oxygens (including phenoxy) is 2. The number of fused-ring (bicyclic) bond motifs is 2. The third kappa shape index (κ3) is 16.6. The molecule has 0 radical (unpaired) electrons. The molecule has 2 aliphatic rings. The fraction of sp³-hybridized carbons (Fsp3) is 0.365. The summed E-state index contributed by atoms with van der Waals surface area (Å²) in [5.74, 6) is -3.45. The second-order valence-corrected chi connectivity index (χ2v) is 23.1. The monoisotopic (exact) mass is 1290 g/mol. The predicted octanol–water partition coefficient (Wildman–Crippen LogP) is 4.20. The number of hydrogen-bond acceptors (Lipinski definition) is 15. The lowest BCUT2D eigenvalue weighted by Crippen LogP contribution is -2.35. The Morgan fingerprint density at radius 3 is 1.48 bits per heavy atom. The average molecular weight is 1290 g/mol. The van der Waals surface area contributed by atoms with Gasteiger partial charge in [0.05, 0.1) is 59.4 Å². The zero-order chi connectivity index (χ0) is 67.5. The lowest BCUT2D eigenvalue weighted by molar-refractivity contribution is -0.117. The molecule has 1 atom stereocenters. The van der Waals surface area contributed by atoms with Crippen LogP contribution >= 0.6 is 0 Å². The zero-order valence-corrected chi connectivity index (χ0v) is 53.7. The summed E-state index contributed by atoms with van der Waals surface area (Å²) in [6.45, 7) is 2.06. The molecule has 1 saturated heterocycles. The summed E-state index contributed by atoms with van der Waals surface area (Å²) in [6, 6.07) is 10.8. The van der Waals surface area contributed by atoms with E-state index in [2.05, 4.69) is 57.8 Å². The molecular weight excluding hydrogens is 1210 g/mol. The molecule has 8 heterocycles.